The molecule has 3 aromatic rings. The number of nitrogens with zero attached hydrogens (tertiary/aromatic N) is 3. The molecule has 0 bridgehead atoms. The molecule has 3 N–H and O–H groups in total. The van der Waals surface area contributed by atoms with E-state index in [1.807, 2.05) is 25.1 Å². The molecule has 1 aromatic carbocycles. The van der Waals surface area contributed by atoms with Gasteiger partial charge in [0.05, 0.1) is 0 Å². The first-order valence-electron chi connectivity index (χ1n) is 6.85. The van der Waals surface area contributed by atoms with Crippen LogP contribution in [0.4, 0.5) is 17.2 Å². The maximum absolute atomic E-state index is 6.09. The van der Waals surface area contributed by atoms with Gasteiger partial charge in [-0.3, -0.25) is 4.98 Å². The number of nitrogens with one attached hydrogen (secondary N) is 1. The first-order valence-corrected chi connectivity index (χ1v) is 7.23. The predicted molar refractivity (Wildman–Crippen MR) is 90.2 cm³/mol. The maximum Gasteiger partial charge on any atom is 0.248 e. The number of rotatable bonds is 4. The number of nitrogens with two attached hydrogens (primary N) is 1. The summed E-state index contributed by atoms with van der Waals surface area (Å²) >= 11 is 6.01. The van der Waals surface area contributed by atoms with Crippen LogP contribution in [0.5, 0.6) is 11.6 Å². The summed E-state index contributed by atoms with van der Waals surface area (Å²) in [7, 11) is 0. The summed E-state index contributed by atoms with van der Waals surface area (Å²) in [6.07, 6.45) is 4.74. The minimum atomic E-state index is 0.276. The molecule has 0 saturated carbocycles. The number of ether oxygens (including phenoxy) is 1. The highest BCUT2D eigenvalue weighted by molar-refractivity contribution is 6.31. The standard InChI is InChI=1S/C16H14ClN5O/c1-10-8-12(2-3-13(10)17)23-16-14(18)15(20-9-21-16)22-11-4-6-19-7-5-11/h2-9H,18H2,1H3,(H,19,20,21,22). The highest BCUT2D eigenvalue weighted by Crippen LogP contribution is 2.32. The van der Waals surface area contributed by atoms with E-state index in [0.717, 1.165) is 11.3 Å². The van der Waals surface area contributed by atoms with E-state index in [0.29, 0.717) is 22.3 Å². The number of anilines is 3. The van der Waals surface area contributed by atoms with Gasteiger partial charge in [-0.25, -0.2) is 4.98 Å². The number of benzene rings is 1. The van der Waals surface area contributed by atoms with Crippen LogP contribution < -0.4 is 15.8 Å². The highest BCUT2D eigenvalue weighted by Gasteiger charge is 2.11. The van der Waals surface area contributed by atoms with Crippen LogP contribution in [0.2, 0.25) is 5.02 Å². The van der Waals surface area contributed by atoms with E-state index in [4.69, 9.17) is 22.1 Å². The van der Waals surface area contributed by atoms with Gasteiger partial charge in [-0.2, -0.15) is 4.98 Å². The Morgan fingerprint density at radius 2 is 1.91 bits per heavy atom. The van der Waals surface area contributed by atoms with Crippen molar-refractivity contribution in [2.45, 2.75) is 6.92 Å². The van der Waals surface area contributed by atoms with Gasteiger partial charge in [0.15, 0.2) is 5.82 Å². The van der Waals surface area contributed by atoms with Gasteiger partial charge in [-0.15, -0.1) is 0 Å². The molecule has 0 amide bonds. The number of aryl methyl sites for hydroxylation is 1. The smallest absolute Gasteiger partial charge is 0.248 e. The van der Waals surface area contributed by atoms with Crippen molar-refractivity contribution in [2.75, 3.05) is 11.1 Å². The second-order valence-corrected chi connectivity index (χ2v) is 5.22. The molecule has 0 aliphatic heterocycles. The van der Waals surface area contributed by atoms with Crippen molar-refractivity contribution in [1.82, 2.24) is 15.0 Å². The fourth-order valence-electron chi connectivity index (χ4n) is 1.92. The Kier molecular flexibility index (Phi) is 4.25. The normalized spacial score (nSPS) is 10.3. The van der Waals surface area contributed by atoms with Crippen molar-refractivity contribution < 1.29 is 4.74 Å². The van der Waals surface area contributed by atoms with Crippen LogP contribution in [0.3, 0.4) is 0 Å². The van der Waals surface area contributed by atoms with Crippen LogP contribution in [0.15, 0.2) is 49.1 Å². The Bertz CT molecular complexity index is 826. The fourth-order valence-corrected chi connectivity index (χ4v) is 2.04. The third kappa shape index (κ3) is 3.49. The zero-order valence-electron chi connectivity index (χ0n) is 12.3. The summed E-state index contributed by atoms with van der Waals surface area (Å²) in [6.45, 7) is 1.90. The van der Waals surface area contributed by atoms with Gasteiger partial charge in [0, 0.05) is 23.1 Å². The van der Waals surface area contributed by atoms with Crippen LogP contribution in [-0.2, 0) is 0 Å². The van der Waals surface area contributed by atoms with Gasteiger partial charge in [-0.05, 0) is 42.8 Å². The second-order valence-electron chi connectivity index (χ2n) is 4.82. The molecule has 0 unspecified atom stereocenters. The molecular formula is C16H14ClN5O. The summed E-state index contributed by atoms with van der Waals surface area (Å²) in [5.74, 6) is 1.34. The van der Waals surface area contributed by atoms with Crippen LogP contribution in [0.1, 0.15) is 5.56 Å². The summed E-state index contributed by atoms with van der Waals surface area (Å²) in [6, 6.07) is 8.96. The molecule has 0 aliphatic carbocycles. The van der Waals surface area contributed by atoms with E-state index in [1.165, 1.54) is 6.33 Å². The first-order chi connectivity index (χ1) is 11.1. The van der Waals surface area contributed by atoms with Gasteiger partial charge in [0.1, 0.15) is 17.8 Å². The van der Waals surface area contributed by atoms with E-state index < -0.39 is 0 Å². The van der Waals surface area contributed by atoms with Gasteiger partial charge < -0.3 is 15.8 Å². The summed E-state index contributed by atoms with van der Waals surface area (Å²) in [4.78, 5) is 12.2. The monoisotopic (exact) mass is 327 g/mol. The average molecular weight is 328 g/mol. The van der Waals surface area contributed by atoms with E-state index in [2.05, 4.69) is 20.3 Å². The minimum absolute atomic E-state index is 0.276. The molecule has 2 aromatic heterocycles. The highest BCUT2D eigenvalue weighted by atomic mass is 35.5. The van der Waals surface area contributed by atoms with E-state index in [9.17, 15) is 0 Å². The van der Waals surface area contributed by atoms with Crippen molar-refractivity contribution in [2.24, 2.45) is 0 Å². The number of hydrogen-bond donors (Lipinski definition) is 2. The van der Waals surface area contributed by atoms with Crippen molar-refractivity contribution >= 4 is 28.8 Å². The summed E-state index contributed by atoms with van der Waals surface area (Å²) in [5.41, 5.74) is 8.14. The van der Waals surface area contributed by atoms with E-state index in [-0.39, 0.29) is 5.88 Å². The lowest BCUT2D eigenvalue weighted by atomic mass is 10.2. The third-order valence-corrected chi connectivity index (χ3v) is 3.56. The van der Waals surface area contributed by atoms with Crippen molar-refractivity contribution in [1.29, 1.82) is 0 Å². The summed E-state index contributed by atoms with van der Waals surface area (Å²) in [5, 5.41) is 3.78. The molecule has 0 saturated heterocycles. The van der Waals surface area contributed by atoms with E-state index in [1.54, 1.807) is 24.5 Å². The number of pyridine rings is 1. The lowest BCUT2D eigenvalue weighted by Gasteiger charge is -2.12. The van der Waals surface area contributed by atoms with Crippen LogP contribution in [-0.4, -0.2) is 15.0 Å². The van der Waals surface area contributed by atoms with Gasteiger partial charge in [0.2, 0.25) is 5.88 Å². The van der Waals surface area contributed by atoms with Gasteiger partial charge in [-0.1, -0.05) is 11.6 Å². The van der Waals surface area contributed by atoms with E-state index >= 15 is 0 Å². The molecule has 0 spiro atoms. The zero-order valence-corrected chi connectivity index (χ0v) is 13.1. The largest absolute Gasteiger partial charge is 0.437 e. The molecule has 7 heteroatoms. The van der Waals surface area contributed by atoms with Crippen LogP contribution in [0.25, 0.3) is 0 Å². The van der Waals surface area contributed by atoms with Gasteiger partial charge >= 0.3 is 0 Å². The van der Waals surface area contributed by atoms with Crippen molar-refractivity contribution in [3.8, 4) is 11.6 Å². The van der Waals surface area contributed by atoms with Crippen molar-refractivity contribution in [3.63, 3.8) is 0 Å². The SMILES string of the molecule is Cc1cc(Oc2ncnc(Nc3ccncc3)c2N)ccc1Cl. The molecule has 0 fully saturated rings. The Balaban J connectivity index is 1.86. The Labute approximate surface area is 138 Å². The third-order valence-electron chi connectivity index (χ3n) is 3.13. The van der Waals surface area contributed by atoms with Crippen LogP contribution in [0, 0.1) is 6.92 Å². The summed E-state index contributed by atoms with van der Waals surface area (Å²) < 4.78 is 5.74. The van der Waals surface area contributed by atoms with Gasteiger partial charge in [0.25, 0.3) is 0 Å². The number of hydrogen-bond acceptors (Lipinski definition) is 6. The molecule has 23 heavy (non-hydrogen) atoms. The number of halogens is 1. The number of nitrogen functional groups attached to an aromatic ring is 1. The number of aromatic nitrogens is 3. The lowest BCUT2D eigenvalue weighted by Crippen LogP contribution is -2.03. The Morgan fingerprint density at radius 1 is 1.13 bits per heavy atom. The first kappa shape index (κ1) is 15.1. The van der Waals surface area contributed by atoms with Crippen molar-refractivity contribution in [3.05, 3.63) is 59.6 Å². The topological polar surface area (TPSA) is 86.0 Å². The fraction of sp³-hybridized carbons (Fsp3) is 0.0625. The molecular weight excluding hydrogens is 314 g/mol. The van der Waals surface area contributed by atoms with Crippen LogP contribution >= 0.6 is 11.6 Å². The molecule has 0 atom stereocenters. The quantitative estimate of drug-likeness (QED) is 0.754. The maximum atomic E-state index is 6.09. The molecule has 116 valence electrons. The molecule has 0 radical (unpaired) electrons. The zero-order chi connectivity index (χ0) is 16.2. The Morgan fingerprint density at radius 3 is 2.65 bits per heavy atom. The average Bonchev–Trinajstić information content (AvgIpc) is 2.56. The Hall–Kier alpha value is -2.86. The lowest BCUT2D eigenvalue weighted by molar-refractivity contribution is 0.464. The molecule has 2 heterocycles. The second kappa shape index (κ2) is 6.50. The molecule has 6 nitrogen and oxygen atoms in total. The molecule has 0 aliphatic rings. The predicted octanol–water partition coefficient (Wildman–Crippen LogP) is 3.95. The minimum Gasteiger partial charge on any atom is -0.437 e. The molecule has 3 rings (SSSR count).